The van der Waals surface area contributed by atoms with Crippen molar-refractivity contribution in [3.8, 4) is 0 Å². The summed E-state index contributed by atoms with van der Waals surface area (Å²) in [6.07, 6.45) is 0.838. The molecule has 0 amide bonds. The van der Waals surface area contributed by atoms with Gasteiger partial charge in [0.1, 0.15) is 5.69 Å². The number of carbonyl (C=O) groups excluding carboxylic acids is 1. The highest BCUT2D eigenvalue weighted by Gasteiger charge is 2.22. The second-order valence-corrected chi connectivity index (χ2v) is 3.57. The summed E-state index contributed by atoms with van der Waals surface area (Å²) >= 11 is 0. The van der Waals surface area contributed by atoms with Crippen LogP contribution in [0.15, 0.2) is 0 Å². The number of hydrogen-bond acceptors (Lipinski definition) is 3. The minimum Gasteiger partial charge on any atom is -0.307 e. The predicted molar refractivity (Wildman–Crippen MR) is 48.5 cm³/mol. The highest BCUT2D eigenvalue weighted by Crippen LogP contribution is 2.21. The molecule has 0 saturated heterocycles. The summed E-state index contributed by atoms with van der Waals surface area (Å²) in [5.41, 5.74) is 2.83. The largest absolute Gasteiger partial charge is 0.307 e. The van der Waals surface area contributed by atoms with Crippen molar-refractivity contribution < 1.29 is 4.79 Å². The fraction of sp³-hybridized carbons (Fsp3) is 0.556. The van der Waals surface area contributed by atoms with Crippen LogP contribution >= 0.6 is 0 Å². The molecule has 0 bridgehead atoms. The van der Waals surface area contributed by atoms with Crippen LogP contribution in [0.1, 0.15) is 41.6 Å². The Bertz CT molecular complexity index is 341. The molecule has 1 aromatic heterocycles. The lowest BCUT2D eigenvalue weighted by Crippen LogP contribution is -2.11. The minimum atomic E-state index is 0.322. The summed E-state index contributed by atoms with van der Waals surface area (Å²) in [4.78, 5) is 10.7. The molecule has 1 aromatic rings. The first-order valence-electron chi connectivity index (χ1n) is 4.50. The number of hydrogen-bond donors (Lipinski definition) is 1. The molecule has 0 unspecified atom stereocenters. The molecule has 2 rings (SSSR count). The van der Waals surface area contributed by atoms with E-state index >= 15 is 0 Å². The van der Waals surface area contributed by atoms with Gasteiger partial charge in [-0.3, -0.25) is 9.48 Å². The summed E-state index contributed by atoms with van der Waals surface area (Å²) < 4.78 is 1.93. The second kappa shape index (κ2) is 2.96. The lowest BCUT2D eigenvalue weighted by molar-refractivity contribution is 0.111. The van der Waals surface area contributed by atoms with Gasteiger partial charge in [-0.1, -0.05) is 0 Å². The van der Waals surface area contributed by atoms with Crippen molar-refractivity contribution in [1.82, 2.24) is 15.1 Å². The van der Waals surface area contributed by atoms with Crippen LogP contribution < -0.4 is 5.32 Å². The molecule has 1 aliphatic heterocycles. The number of aromatic nitrogens is 2. The smallest absolute Gasteiger partial charge is 0.170 e. The monoisotopic (exact) mass is 179 g/mol. The first-order valence-corrected chi connectivity index (χ1v) is 4.50. The van der Waals surface area contributed by atoms with Gasteiger partial charge < -0.3 is 5.32 Å². The van der Waals surface area contributed by atoms with Crippen molar-refractivity contribution in [2.24, 2.45) is 0 Å². The van der Waals surface area contributed by atoms with E-state index in [-0.39, 0.29) is 0 Å². The van der Waals surface area contributed by atoms with Gasteiger partial charge in [0.2, 0.25) is 0 Å². The Morgan fingerprint density at radius 3 is 2.92 bits per heavy atom. The summed E-state index contributed by atoms with van der Waals surface area (Å²) in [6.45, 7) is 5.74. The number of carbonyl (C=O) groups is 1. The molecule has 13 heavy (non-hydrogen) atoms. The van der Waals surface area contributed by atoms with Gasteiger partial charge in [0.15, 0.2) is 6.29 Å². The van der Waals surface area contributed by atoms with Gasteiger partial charge in [-0.15, -0.1) is 0 Å². The third-order valence-corrected chi connectivity index (χ3v) is 2.34. The topological polar surface area (TPSA) is 46.9 Å². The Labute approximate surface area is 76.9 Å². The van der Waals surface area contributed by atoms with E-state index in [1.807, 2.05) is 4.68 Å². The summed E-state index contributed by atoms with van der Waals surface area (Å²) in [5, 5.41) is 7.48. The number of aldehydes is 1. The van der Waals surface area contributed by atoms with Crippen LogP contribution in [-0.4, -0.2) is 16.1 Å². The Morgan fingerprint density at radius 1 is 1.54 bits per heavy atom. The van der Waals surface area contributed by atoms with Crippen molar-refractivity contribution in [3.05, 3.63) is 17.0 Å². The van der Waals surface area contributed by atoms with E-state index in [4.69, 9.17) is 0 Å². The zero-order valence-corrected chi connectivity index (χ0v) is 7.87. The number of nitrogens with zero attached hydrogens (tertiary/aromatic N) is 2. The molecule has 4 heteroatoms. The number of fused-ring (bicyclic) bond motifs is 1. The van der Waals surface area contributed by atoms with Gasteiger partial charge in [-0.2, -0.15) is 5.10 Å². The average Bonchev–Trinajstić information content (AvgIpc) is 2.61. The zero-order valence-electron chi connectivity index (χ0n) is 7.87. The lowest BCUT2D eigenvalue weighted by Gasteiger charge is -2.08. The molecular weight excluding hydrogens is 166 g/mol. The molecule has 0 aromatic carbocycles. The molecule has 1 N–H and O–H groups in total. The minimum absolute atomic E-state index is 0.322. The Balaban J connectivity index is 2.53. The maximum atomic E-state index is 10.7. The van der Waals surface area contributed by atoms with Crippen LogP contribution in [0, 0.1) is 0 Å². The van der Waals surface area contributed by atoms with Gasteiger partial charge in [0.05, 0.1) is 5.69 Å². The highest BCUT2D eigenvalue weighted by atomic mass is 16.1. The molecule has 0 atom stereocenters. The van der Waals surface area contributed by atoms with Crippen molar-refractivity contribution in [1.29, 1.82) is 0 Å². The normalized spacial score (nSPS) is 15.0. The van der Waals surface area contributed by atoms with Gasteiger partial charge in [0, 0.05) is 24.7 Å². The fourth-order valence-corrected chi connectivity index (χ4v) is 1.73. The molecule has 0 radical (unpaired) electrons. The molecule has 4 nitrogen and oxygen atoms in total. The average molecular weight is 179 g/mol. The summed E-state index contributed by atoms with van der Waals surface area (Å²) in [7, 11) is 0. The Hall–Kier alpha value is -1.16. The first kappa shape index (κ1) is 8.44. The second-order valence-electron chi connectivity index (χ2n) is 3.57. The summed E-state index contributed by atoms with van der Waals surface area (Å²) in [6, 6.07) is 0.322. The molecule has 0 fully saturated rings. The van der Waals surface area contributed by atoms with E-state index in [1.54, 1.807) is 0 Å². The van der Waals surface area contributed by atoms with Crippen LogP contribution in [0.3, 0.4) is 0 Å². The van der Waals surface area contributed by atoms with Crippen LogP contribution in [0.5, 0.6) is 0 Å². The maximum absolute atomic E-state index is 10.7. The molecule has 70 valence electrons. The van der Waals surface area contributed by atoms with Gasteiger partial charge in [0.25, 0.3) is 0 Å². The SMILES string of the molecule is CC(C)n1nc(C=O)c2c1CNC2. The van der Waals surface area contributed by atoms with Gasteiger partial charge in [-0.25, -0.2) is 0 Å². The quantitative estimate of drug-likeness (QED) is 0.685. The van der Waals surface area contributed by atoms with Crippen molar-refractivity contribution >= 4 is 6.29 Å². The molecule has 0 aliphatic carbocycles. The first-order chi connectivity index (χ1) is 6.24. The van der Waals surface area contributed by atoms with E-state index in [1.165, 1.54) is 0 Å². The molecule has 1 aliphatic rings. The van der Waals surface area contributed by atoms with Crippen molar-refractivity contribution in [2.45, 2.75) is 33.0 Å². The van der Waals surface area contributed by atoms with Gasteiger partial charge in [-0.05, 0) is 13.8 Å². The standard InChI is InChI=1S/C9H13N3O/c1-6(2)12-9-4-10-3-7(9)8(5-13)11-12/h5-6,10H,3-4H2,1-2H3. The highest BCUT2D eigenvalue weighted by molar-refractivity contribution is 5.75. The van der Waals surface area contributed by atoms with E-state index in [2.05, 4.69) is 24.3 Å². The van der Waals surface area contributed by atoms with Crippen molar-refractivity contribution in [3.63, 3.8) is 0 Å². The van der Waals surface area contributed by atoms with Crippen LogP contribution in [0.25, 0.3) is 0 Å². The Morgan fingerprint density at radius 2 is 2.31 bits per heavy atom. The Kier molecular flexibility index (Phi) is 1.92. The van der Waals surface area contributed by atoms with Crippen LogP contribution in [0.2, 0.25) is 0 Å². The number of nitrogens with one attached hydrogen (secondary N) is 1. The third-order valence-electron chi connectivity index (χ3n) is 2.34. The van der Waals surface area contributed by atoms with E-state index in [0.29, 0.717) is 11.7 Å². The van der Waals surface area contributed by atoms with Gasteiger partial charge >= 0.3 is 0 Å². The molecule has 0 spiro atoms. The fourth-order valence-electron chi connectivity index (χ4n) is 1.73. The molecular formula is C9H13N3O. The number of rotatable bonds is 2. The van der Waals surface area contributed by atoms with E-state index < -0.39 is 0 Å². The summed E-state index contributed by atoms with van der Waals surface area (Å²) in [5.74, 6) is 0. The molecule has 2 heterocycles. The predicted octanol–water partition coefficient (Wildman–Crippen LogP) is 0.880. The van der Waals surface area contributed by atoms with Crippen molar-refractivity contribution in [2.75, 3.05) is 0 Å². The molecule has 0 saturated carbocycles. The lowest BCUT2D eigenvalue weighted by atomic mass is 10.2. The van der Waals surface area contributed by atoms with Crippen LogP contribution in [0.4, 0.5) is 0 Å². The van der Waals surface area contributed by atoms with Crippen LogP contribution in [-0.2, 0) is 13.1 Å². The van der Waals surface area contributed by atoms with E-state index in [9.17, 15) is 4.79 Å². The van der Waals surface area contributed by atoms with E-state index in [0.717, 1.165) is 30.6 Å². The maximum Gasteiger partial charge on any atom is 0.170 e. The third kappa shape index (κ3) is 1.18. The zero-order chi connectivity index (χ0) is 9.42.